The molecule has 0 spiro atoms. The summed E-state index contributed by atoms with van der Waals surface area (Å²) in [5.41, 5.74) is -4.45. The molecule has 0 bridgehead atoms. The van der Waals surface area contributed by atoms with Gasteiger partial charge in [-0.25, -0.2) is 23.1 Å². The van der Waals surface area contributed by atoms with E-state index in [2.05, 4.69) is 15.3 Å². The molecule has 15 heteroatoms. The molecule has 2 aliphatic rings. The fraction of sp³-hybridized carbons (Fsp3) is 0.478. The molecule has 38 heavy (non-hydrogen) atoms. The smallest absolute Gasteiger partial charge is 0.379 e. The van der Waals surface area contributed by atoms with Gasteiger partial charge in [0, 0.05) is 13.0 Å². The van der Waals surface area contributed by atoms with Crippen molar-refractivity contribution in [3.8, 4) is 0 Å². The largest absolute Gasteiger partial charge is 0.413 e. The van der Waals surface area contributed by atoms with Crippen molar-refractivity contribution in [2.45, 2.75) is 44.2 Å². The molecular formula is C23H22F6N4O5. The third-order valence-corrected chi connectivity index (χ3v) is 6.01. The number of ether oxygens (including phenoxy) is 3. The lowest BCUT2D eigenvalue weighted by molar-refractivity contribution is -0.197. The molecular weight excluding hydrogens is 526 g/mol. The zero-order chi connectivity index (χ0) is 27.7. The lowest BCUT2D eigenvalue weighted by Gasteiger charge is -2.31. The summed E-state index contributed by atoms with van der Waals surface area (Å²) in [5.74, 6) is -3.90. The Bertz CT molecular complexity index is 1210. The molecule has 2 aliphatic heterocycles. The molecule has 2 fully saturated rings. The van der Waals surface area contributed by atoms with E-state index in [0.29, 0.717) is 0 Å². The third-order valence-electron chi connectivity index (χ3n) is 6.01. The Kier molecular flexibility index (Phi) is 7.90. The van der Waals surface area contributed by atoms with Gasteiger partial charge in [-0.2, -0.15) is 13.2 Å². The van der Waals surface area contributed by atoms with E-state index in [1.165, 1.54) is 6.92 Å². The quantitative estimate of drug-likeness (QED) is 0.510. The first-order chi connectivity index (χ1) is 17.9. The number of rotatable bonds is 7. The van der Waals surface area contributed by atoms with Crippen LogP contribution in [-0.4, -0.2) is 59.9 Å². The molecule has 3 heterocycles. The molecule has 1 aromatic carbocycles. The zero-order valence-electron chi connectivity index (χ0n) is 19.8. The number of hydrogen-bond donors (Lipinski definition) is 2. The summed E-state index contributed by atoms with van der Waals surface area (Å²) in [4.78, 5) is 33.9. The summed E-state index contributed by atoms with van der Waals surface area (Å²) in [6.07, 6.45) is -10.3. The summed E-state index contributed by atoms with van der Waals surface area (Å²) < 4.78 is 97.6. The molecule has 1 aromatic heterocycles. The number of amides is 2. The van der Waals surface area contributed by atoms with Gasteiger partial charge in [-0.15, -0.1) is 0 Å². The Morgan fingerprint density at radius 2 is 1.87 bits per heavy atom. The van der Waals surface area contributed by atoms with Crippen molar-refractivity contribution in [3.05, 3.63) is 52.2 Å². The molecule has 9 nitrogen and oxygen atoms in total. The maximum Gasteiger partial charge on any atom is 0.413 e. The van der Waals surface area contributed by atoms with E-state index in [4.69, 9.17) is 14.2 Å². The van der Waals surface area contributed by atoms with Gasteiger partial charge in [-0.3, -0.25) is 9.59 Å². The van der Waals surface area contributed by atoms with Gasteiger partial charge < -0.3 is 24.8 Å². The number of aryl methyl sites for hydroxylation is 1. The minimum absolute atomic E-state index is 0.00128. The normalized spacial score (nSPS) is 20.2. The van der Waals surface area contributed by atoms with Crippen LogP contribution in [0.2, 0.25) is 0 Å². The van der Waals surface area contributed by atoms with E-state index in [1.807, 2.05) is 5.32 Å². The van der Waals surface area contributed by atoms with Crippen molar-refractivity contribution >= 4 is 17.6 Å². The van der Waals surface area contributed by atoms with E-state index in [1.54, 1.807) is 0 Å². The number of hydrogen-bond acceptors (Lipinski definition) is 7. The second-order valence-corrected chi connectivity index (χ2v) is 8.62. The van der Waals surface area contributed by atoms with Crippen LogP contribution in [0, 0.1) is 12.7 Å². The van der Waals surface area contributed by atoms with E-state index in [9.17, 15) is 35.9 Å². The Labute approximate surface area is 211 Å². The van der Waals surface area contributed by atoms with Gasteiger partial charge in [0.15, 0.2) is 11.8 Å². The molecule has 206 valence electrons. The summed E-state index contributed by atoms with van der Waals surface area (Å²) in [6, 6.07) is 2.90. The van der Waals surface area contributed by atoms with Crippen LogP contribution in [0.25, 0.3) is 0 Å². The Hall–Kier alpha value is -3.30. The van der Waals surface area contributed by atoms with E-state index < -0.39 is 72.6 Å². The first kappa shape index (κ1) is 27.7. The predicted molar refractivity (Wildman–Crippen MR) is 117 cm³/mol. The fourth-order valence-corrected chi connectivity index (χ4v) is 4.13. The maximum absolute atomic E-state index is 14.6. The number of carbonyl (C=O) groups excluding carboxylic acids is 2. The second-order valence-electron chi connectivity index (χ2n) is 8.62. The van der Waals surface area contributed by atoms with Crippen LogP contribution in [0.4, 0.5) is 32.2 Å². The molecule has 0 saturated carbocycles. The summed E-state index contributed by atoms with van der Waals surface area (Å²) >= 11 is 0. The first-order valence-corrected chi connectivity index (χ1v) is 11.4. The van der Waals surface area contributed by atoms with Crippen molar-refractivity contribution in [1.82, 2.24) is 15.3 Å². The molecule has 4 rings (SSSR count). The van der Waals surface area contributed by atoms with Gasteiger partial charge in [0.2, 0.25) is 5.91 Å². The summed E-state index contributed by atoms with van der Waals surface area (Å²) in [7, 11) is 0. The topological polar surface area (TPSA) is 112 Å². The van der Waals surface area contributed by atoms with Crippen molar-refractivity contribution in [2.75, 3.05) is 31.7 Å². The van der Waals surface area contributed by atoms with Crippen LogP contribution in [-0.2, 0) is 25.4 Å². The van der Waals surface area contributed by atoms with E-state index >= 15 is 0 Å². The number of carbonyl (C=O) groups is 2. The molecule has 2 amide bonds. The maximum atomic E-state index is 14.6. The molecule has 1 unspecified atom stereocenters. The number of nitrogens with zero attached hydrogens (tertiary/aromatic N) is 2. The Morgan fingerprint density at radius 3 is 2.47 bits per heavy atom. The van der Waals surface area contributed by atoms with E-state index in [0.717, 1.165) is 18.2 Å². The molecule has 1 atom stereocenters. The number of benzene rings is 1. The Balaban J connectivity index is 1.66. The van der Waals surface area contributed by atoms with Gasteiger partial charge in [0.05, 0.1) is 48.6 Å². The number of alkyl halides is 5. The highest BCUT2D eigenvalue weighted by Crippen LogP contribution is 2.37. The average molecular weight is 548 g/mol. The van der Waals surface area contributed by atoms with Crippen molar-refractivity contribution in [2.24, 2.45) is 0 Å². The number of halogens is 6. The number of anilines is 1. The second kappa shape index (κ2) is 10.8. The van der Waals surface area contributed by atoms with Crippen LogP contribution in [0.3, 0.4) is 0 Å². The monoisotopic (exact) mass is 548 g/mol. The van der Waals surface area contributed by atoms with Crippen molar-refractivity contribution in [3.63, 3.8) is 0 Å². The van der Waals surface area contributed by atoms with Gasteiger partial charge >= 0.3 is 6.18 Å². The highest BCUT2D eigenvalue weighted by Gasteiger charge is 2.58. The molecule has 2 aromatic rings. The van der Waals surface area contributed by atoms with Gasteiger partial charge in [-0.1, -0.05) is 12.1 Å². The van der Waals surface area contributed by atoms with Crippen LogP contribution in [0.1, 0.15) is 52.1 Å². The van der Waals surface area contributed by atoms with Gasteiger partial charge in [0.25, 0.3) is 12.3 Å². The molecule has 0 radical (unpaired) electrons. The summed E-state index contributed by atoms with van der Waals surface area (Å²) in [5, 5.41) is 4.29. The lowest BCUT2D eigenvalue weighted by atomic mass is 9.97. The van der Waals surface area contributed by atoms with E-state index in [-0.39, 0.29) is 42.7 Å². The SMILES string of the molecule is Cc1nc(CC(=O)NC2(C(F)(F)F)CCOC2)c(C2OCCO2)c(NC(=O)c2cccc(C(F)F)c2F)n1. The number of aromatic nitrogens is 2. The Morgan fingerprint density at radius 1 is 1.16 bits per heavy atom. The predicted octanol–water partition coefficient (Wildman–Crippen LogP) is 3.54. The fourth-order valence-electron chi connectivity index (χ4n) is 4.13. The lowest BCUT2D eigenvalue weighted by Crippen LogP contribution is -2.59. The van der Waals surface area contributed by atoms with Crippen LogP contribution in [0.15, 0.2) is 18.2 Å². The molecule has 0 aliphatic carbocycles. The number of nitrogens with one attached hydrogen (secondary N) is 2. The average Bonchev–Trinajstić information content (AvgIpc) is 3.51. The highest BCUT2D eigenvalue weighted by molar-refractivity contribution is 6.04. The standard InChI is InChI=1S/C23H22F6N4O5/c1-11-30-14(9-15(34)33-22(23(27,28)29)5-6-36-10-22)16(21-37-7-8-38-21)19(31-11)32-20(35)13-4-2-3-12(17(13)24)18(25)26/h2-4,18,21H,5-10H2,1H3,(H,33,34)(H,30,31,32,35). The highest BCUT2D eigenvalue weighted by atomic mass is 19.4. The van der Waals surface area contributed by atoms with Gasteiger partial charge in [-0.05, 0) is 13.0 Å². The third kappa shape index (κ3) is 5.59. The van der Waals surface area contributed by atoms with Crippen molar-refractivity contribution < 1.29 is 50.1 Å². The molecule has 2 saturated heterocycles. The first-order valence-electron chi connectivity index (χ1n) is 11.4. The van der Waals surface area contributed by atoms with Gasteiger partial charge in [0.1, 0.15) is 17.5 Å². The minimum Gasteiger partial charge on any atom is -0.379 e. The zero-order valence-corrected chi connectivity index (χ0v) is 19.8. The molecule has 2 N–H and O–H groups in total. The van der Waals surface area contributed by atoms with Crippen LogP contribution >= 0.6 is 0 Å². The summed E-state index contributed by atoms with van der Waals surface area (Å²) in [6.45, 7) is 0.656. The van der Waals surface area contributed by atoms with Crippen LogP contribution < -0.4 is 10.6 Å². The minimum atomic E-state index is -4.78. The van der Waals surface area contributed by atoms with Crippen LogP contribution in [0.5, 0.6) is 0 Å². The van der Waals surface area contributed by atoms with Crippen molar-refractivity contribution in [1.29, 1.82) is 0 Å².